The maximum absolute atomic E-state index is 9.67. The van der Waals surface area contributed by atoms with Crippen molar-refractivity contribution in [1.29, 1.82) is 0 Å². The average molecular weight is 226 g/mol. The molecule has 1 heterocycles. The van der Waals surface area contributed by atoms with Crippen LogP contribution in [-0.4, -0.2) is 35.1 Å². The largest absolute Gasteiger partial charge is 0.394 e. The second-order valence-corrected chi connectivity index (χ2v) is 4.63. The molecule has 92 valence electrons. The zero-order chi connectivity index (χ0) is 12.1. The highest BCUT2D eigenvalue weighted by molar-refractivity contribution is 5.07. The summed E-state index contributed by atoms with van der Waals surface area (Å²) in [7, 11) is 0. The van der Waals surface area contributed by atoms with Gasteiger partial charge in [0.15, 0.2) is 0 Å². The van der Waals surface area contributed by atoms with Crippen LogP contribution in [0.2, 0.25) is 0 Å². The predicted molar refractivity (Wildman–Crippen MR) is 64.1 cm³/mol. The number of allylic oxidation sites excluding steroid dienone is 1. The molecule has 0 aliphatic carbocycles. The van der Waals surface area contributed by atoms with E-state index in [4.69, 9.17) is 9.84 Å². The highest BCUT2D eigenvalue weighted by Gasteiger charge is 2.29. The molecule has 0 radical (unpaired) electrons. The fraction of sp³-hybridized carbons (Fsp3) is 0.692. The zero-order valence-electron chi connectivity index (χ0n) is 9.93. The van der Waals surface area contributed by atoms with Gasteiger partial charge in [-0.1, -0.05) is 19.6 Å². The van der Waals surface area contributed by atoms with Crippen LogP contribution in [0.25, 0.3) is 0 Å². The van der Waals surface area contributed by atoms with E-state index < -0.39 is 6.10 Å². The number of hydrogen-bond donors (Lipinski definition) is 2. The Morgan fingerprint density at radius 1 is 1.56 bits per heavy atom. The third-order valence-electron chi connectivity index (χ3n) is 3.02. The Morgan fingerprint density at radius 3 is 2.81 bits per heavy atom. The Balaban J connectivity index is 2.51. The molecule has 2 N–H and O–H groups in total. The van der Waals surface area contributed by atoms with Crippen molar-refractivity contribution in [3.8, 4) is 0 Å². The number of aliphatic hydroxyl groups excluding tert-OH is 2. The molecule has 1 saturated heterocycles. The molecule has 3 heteroatoms. The molecule has 4 atom stereocenters. The van der Waals surface area contributed by atoms with Gasteiger partial charge in [0.2, 0.25) is 0 Å². The number of hydrogen-bond acceptors (Lipinski definition) is 3. The summed E-state index contributed by atoms with van der Waals surface area (Å²) in [5.74, 6) is 0.364. The molecule has 0 aromatic carbocycles. The fourth-order valence-corrected chi connectivity index (χ4v) is 2.00. The Hall–Kier alpha value is -0.640. The summed E-state index contributed by atoms with van der Waals surface area (Å²) in [5.41, 5.74) is 0.976. The second-order valence-electron chi connectivity index (χ2n) is 4.63. The van der Waals surface area contributed by atoms with Crippen LogP contribution in [0.3, 0.4) is 0 Å². The summed E-state index contributed by atoms with van der Waals surface area (Å²) in [5, 5.41) is 18.7. The maximum Gasteiger partial charge on any atom is 0.0838 e. The molecule has 1 fully saturated rings. The first-order valence-electron chi connectivity index (χ1n) is 5.81. The molecular weight excluding hydrogens is 204 g/mol. The van der Waals surface area contributed by atoms with Gasteiger partial charge in [0.05, 0.1) is 24.9 Å². The lowest BCUT2D eigenvalue weighted by Crippen LogP contribution is -2.38. The van der Waals surface area contributed by atoms with Crippen LogP contribution in [0.4, 0.5) is 0 Å². The summed E-state index contributed by atoms with van der Waals surface area (Å²) in [4.78, 5) is 0. The summed E-state index contributed by atoms with van der Waals surface area (Å²) < 4.78 is 5.67. The molecule has 1 rings (SSSR count). The SMILES string of the molecule is C=CC(C)CC(=C)C1CC(O)CC(CO)O1. The average Bonchev–Trinajstić information content (AvgIpc) is 2.27. The van der Waals surface area contributed by atoms with Crippen molar-refractivity contribution >= 4 is 0 Å². The topological polar surface area (TPSA) is 49.7 Å². The Kier molecular flexibility index (Phi) is 5.19. The van der Waals surface area contributed by atoms with Gasteiger partial charge in [0.1, 0.15) is 0 Å². The van der Waals surface area contributed by atoms with Gasteiger partial charge in [0.25, 0.3) is 0 Å². The number of ether oxygens (including phenoxy) is 1. The maximum atomic E-state index is 9.67. The molecule has 1 aliphatic heterocycles. The van der Waals surface area contributed by atoms with Crippen LogP contribution in [0.5, 0.6) is 0 Å². The highest BCUT2D eigenvalue weighted by atomic mass is 16.5. The first-order valence-corrected chi connectivity index (χ1v) is 5.81. The molecule has 3 nitrogen and oxygen atoms in total. The Morgan fingerprint density at radius 2 is 2.25 bits per heavy atom. The van der Waals surface area contributed by atoms with Gasteiger partial charge < -0.3 is 14.9 Å². The van der Waals surface area contributed by atoms with E-state index in [0.717, 1.165) is 12.0 Å². The van der Waals surface area contributed by atoms with Crippen molar-refractivity contribution in [2.45, 2.75) is 44.5 Å². The summed E-state index contributed by atoms with van der Waals surface area (Å²) in [6.45, 7) is 9.76. The van der Waals surface area contributed by atoms with E-state index in [1.807, 2.05) is 6.08 Å². The van der Waals surface area contributed by atoms with Crippen molar-refractivity contribution in [2.75, 3.05) is 6.61 Å². The lowest BCUT2D eigenvalue weighted by Gasteiger charge is -2.33. The van der Waals surface area contributed by atoms with Crippen LogP contribution < -0.4 is 0 Å². The van der Waals surface area contributed by atoms with Crippen molar-refractivity contribution < 1.29 is 14.9 Å². The van der Waals surface area contributed by atoms with E-state index in [2.05, 4.69) is 20.1 Å². The molecule has 4 unspecified atom stereocenters. The van der Waals surface area contributed by atoms with E-state index in [9.17, 15) is 5.11 Å². The van der Waals surface area contributed by atoms with Gasteiger partial charge in [-0.3, -0.25) is 0 Å². The van der Waals surface area contributed by atoms with Gasteiger partial charge in [-0.25, -0.2) is 0 Å². The molecule has 0 saturated carbocycles. The van der Waals surface area contributed by atoms with Crippen LogP contribution in [-0.2, 0) is 4.74 Å². The summed E-state index contributed by atoms with van der Waals surface area (Å²) in [6.07, 6.45) is 3.00. The van der Waals surface area contributed by atoms with E-state index >= 15 is 0 Å². The molecule has 0 aromatic rings. The Bertz CT molecular complexity index is 250. The van der Waals surface area contributed by atoms with Crippen LogP contribution in [0, 0.1) is 5.92 Å². The quantitative estimate of drug-likeness (QED) is 0.701. The van der Waals surface area contributed by atoms with Gasteiger partial charge in [0, 0.05) is 12.8 Å². The van der Waals surface area contributed by atoms with E-state index in [-0.39, 0.29) is 18.8 Å². The summed E-state index contributed by atoms with van der Waals surface area (Å²) >= 11 is 0. The molecule has 16 heavy (non-hydrogen) atoms. The van der Waals surface area contributed by atoms with E-state index in [1.165, 1.54) is 0 Å². The van der Waals surface area contributed by atoms with E-state index in [1.54, 1.807) is 0 Å². The van der Waals surface area contributed by atoms with E-state index in [0.29, 0.717) is 18.8 Å². The van der Waals surface area contributed by atoms with Gasteiger partial charge in [-0.15, -0.1) is 6.58 Å². The monoisotopic (exact) mass is 226 g/mol. The molecular formula is C13H22O3. The smallest absolute Gasteiger partial charge is 0.0838 e. The van der Waals surface area contributed by atoms with Crippen molar-refractivity contribution in [3.05, 3.63) is 24.8 Å². The predicted octanol–water partition coefficient (Wildman–Crippen LogP) is 1.66. The van der Waals surface area contributed by atoms with Crippen LogP contribution in [0.1, 0.15) is 26.2 Å². The van der Waals surface area contributed by atoms with Gasteiger partial charge in [-0.2, -0.15) is 0 Å². The molecule has 0 amide bonds. The third-order valence-corrected chi connectivity index (χ3v) is 3.02. The minimum absolute atomic E-state index is 0.0438. The van der Waals surface area contributed by atoms with Crippen molar-refractivity contribution in [1.82, 2.24) is 0 Å². The first kappa shape index (κ1) is 13.4. The summed E-state index contributed by atoms with van der Waals surface area (Å²) in [6, 6.07) is 0. The number of aliphatic hydroxyl groups is 2. The Labute approximate surface area is 97.4 Å². The van der Waals surface area contributed by atoms with Gasteiger partial charge in [-0.05, 0) is 17.9 Å². The van der Waals surface area contributed by atoms with Crippen molar-refractivity contribution in [3.63, 3.8) is 0 Å². The normalized spacial score (nSPS) is 32.1. The standard InChI is InChI=1S/C13H22O3/c1-4-9(2)5-10(3)13-7-11(15)6-12(8-14)16-13/h4,9,11-15H,1,3,5-8H2,2H3. The lowest BCUT2D eigenvalue weighted by atomic mass is 9.92. The van der Waals surface area contributed by atoms with Crippen LogP contribution >= 0.6 is 0 Å². The van der Waals surface area contributed by atoms with Gasteiger partial charge >= 0.3 is 0 Å². The fourth-order valence-electron chi connectivity index (χ4n) is 2.00. The number of rotatable bonds is 5. The molecule has 0 spiro atoms. The minimum atomic E-state index is -0.397. The lowest BCUT2D eigenvalue weighted by molar-refractivity contribution is -0.0984. The molecule has 1 aliphatic rings. The first-order chi connectivity index (χ1) is 7.56. The highest BCUT2D eigenvalue weighted by Crippen LogP contribution is 2.27. The second kappa shape index (κ2) is 6.18. The van der Waals surface area contributed by atoms with Crippen LogP contribution in [0.15, 0.2) is 24.8 Å². The molecule has 0 bridgehead atoms. The minimum Gasteiger partial charge on any atom is -0.394 e. The molecule has 0 aromatic heterocycles. The zero-order valence-corrected chi connectivity index (χ0v) is 9.93. The third kappa shape index (κ3) is 3.74. The van der Waals surface area contributed by atoms with Crippen molar-refractivity contribution in [2.24, 2.45) is 5.92 Å².